The molecule has 3 heteroatoms. The molecule has 0 bridgehead atoms. The van der Waals surface area contributed by atoms with E-state index in [4.69, 9.17) is 9.15 Å². The lowest BCUT2D eigenvalue weighted by Crippen LogP contribution is -2.42. The molecule has 1 aromatic carbocycles. The van der Waals surface area contributed by atoms with Gasteiger partial charge in [-0.3, -0.25) is 0 Å². The summed E-state index contributed by atoms with van der Waals surface area (Å²) < 4.78 is 11.7. The molecule has 0 radical (unpaired) electrons. The fourth-order valence-corrected chi connectivity index (χ4v) is 3.71. The molecule has 1 saturated carbocycles. The molecule has 3 unspecified atom stereocenters. The fraction of sp³-hybridized carbons (Fsp3) is 0.556. The Kier molecular flexibility index (Phi) is 3.80. The van der Waals surface area contributed by atoms with Gasteiger partial charge in [0.2, 0.25) is 0 Å². The number of benzene rings is 1. The average molecular weight is 288 g/mol. The Bertz CT molecular complexity index is 630. The molecule has 1 aromatic heterocycles. The summed E-state index contributed by atoms with van der Waals surface area (Å²) in [6, 6.07) is 8.01. The van der Waals surface area contributed by atoms with E-state index >= 15 is 0 Å². The Morgan fingerprint density at radius 1 is 1.43 bits per heavy atom. The largest absolute Gasteiger partial charge is 0.458 e. The van der Waals surface area contributed by atoms with Gasteiger partial charge in [-0.1, -0.05) is 38.0 Å². The number of rotatable bonds is 3. The minimum Gasteiger partial charge on any atom is -0.458 e. The summed E-state index contributed by atoms with van der Waals surface area (Å²) >= 11 is 0. The Hall–Kier alpha value is -1.32. The van der Waals surface area contributed by atoms with Crippen LogP contribution in [0.3, 0.4) is 0 Å². The molecule has 114 valence electrons. The van der Waals surface area contributed by atoms with Crippen molar-refractivity contribution in [2.75, 3.05) is 7.11 Å². The van der Waals surface area contributed by atoms with Crippen molar-refractivity contribution in [3.05, 3.63) is 35.6 Å². The van der Waals surface area contributed by atoms with Crippen molar-refractivity contribution in [2.24, 2.45) is 5.92 Å². The van der Waals surface area contributed by atoms with Crippen LogP contribution in [0.4, 0.5) is 0 Å². The number of para-hydroxylation sites is 1. The molecule has 1 heterocycles. The highest BCUT2D eigenvalue weighted by Gasteiger charge is 2.43. The SMILES string of the molecule is COC1(C(O)c2cc3cccc(C)c3o2)CCCC(C)C1. The fourth-order valence-electron chi connectivity index (χ4n) is 3.71. The number of aliphatic hydroxyl groups excluding tert-OH is 1. The Morgan fingerprint density at radius 3 is 2.90 bits per heavy atom. The van der Waals surface area contributed by atoms with Crippen molar-refractivity contribution in [1.29, 1.82) is 0 Å². The highest BCUT2D eigenvalue weighted by molar-refractivity contribution is 5.81. The van der Waals surface area contributed by atoms with Crippen LogP contribution < -0.4 is 0 Å². The van der Waals surface area contributed by atoms with Crippen LogP contribution in [-0.2, 0) is 4.74 Å². The van der Waals surface area contributed by atoms with E-state index < -0.39 is 11.7 Å². The van der Waals surface area contributed by atoms with E-state index in [9.17, 15) is 5.11 Å². The van der Waals surface area contributed by atoms with E-state index in [1.54, 1.807) is 7.11 Å². The highest BCUT2D eigenvalue weighted by atomic mass is 16.5. The topological polar surface area (TPSA) is 42.6 Å². The normalized spacial score (nSPS) is 27.9. The molecular formula is C18H24O3. The van der Waals surface area contributed by atoms with E-state index in [0.29, 0.717) is 11.7 Å². The molecule has 3 nitrogen and oxygen atoms in total. The number of aryl methyl sites for hydroxylation is 1. The van der Waals surface area contributed by atoms with Crippen molar-refractivity contribution in [3.8, 4) is 0 Å². The zero-order valence-corrected chi connectivity index (χ0v) is 13.1. The minimum atomic E-state index is -0.711. The van der Waals surface area contributed by atoms with E-state index in [1.165, 1.54) is 6.42 Å². The monoisotopic (exact) mass is 288 g/mol. The van der Waals surface area contributed by atoms with Gasteiger partial charge in [-0.05, 0) is 37.3 Å². The maximum atomic E-state index is 10.9. The van der Waals surface area contributed by atoms with Gasteiger partial charge in [0, 0.05) is 12.5 Å². The van der Waals surface area contributed by atoms with Crippen LogP contribution in [0.1, 0.15) is 50.0 Å². The van der Waals surface area contributed by atoms with Crippen molar-refractivity contribution in [3.63, 3.8) is 0 Å². The van der Waals surface area contributed by atoms with Crippen LogP contribution in [0.15, 0.2) is 28.7 Å². The number of furan rings is 1. The lowest BCUT2D eigenvalue weighted by molar-refractivity contribution is -0.139. The number of fused-ring (bicyclic) bond motifs is 1. The number of aliphatic hydroxyl groups is 1. The van der Waals surface area contributed by atoms with E-state index in [2.05, 4.69) is 6.92 Å². The summed E-state index contributed by atoms with van der Waals surface area (Å²) in [7, 11) is 1.70. The number of methoxy groups -OCH3 is 1. The summed E-state index contributed by atoms with van der Waals surface area (Å²) in [5, 5.41) is 11.9. The maximum Gasteiger partial charge on any atom is 0.140 e. The van der Waals surface area contributed by atoms with Gasteiger partial charge in [0.25, 0.3) is 0 Å². The summed E-state index contributed by atoms with van der Waals surface area (Å²) in [5.74, 6) is 1.19. The third-order valence-corrected chi connectivity index (χ3v) is 4.93. The average Bonchev–Trinajstić information content (AvgIpc) is 2.92. The second-order valence-corrected chi connectivity index (χ2v) is 6.51. The molecule has 0 amide bonds. The first-order valence-electron chi connectivity index (χ1n) is 7.78. The van der Waals surface area contributed by atoms with Crippen LogP contribution in [0.2, 0.25) is 0 Å². The van der Waals surface area contributed by atoms with Gasteiger partial charge in [0.05, 0.1) is 0 Å². The van der Waals surface area contributed by atoms with Gasteiger partial charge in [0.15, 0.2) is 0 Å². The zero-order valence-electron chi connectivity index (χ0n) is 13.1. The van der Waals surface area contributed by atoms with Gasteiger partial charge in [0.1, 0.15) is 23.0 Å². The first-order valence-corrected chi connectivity index (χ1v) is 7.78. The molecule has 1 aliphatic carbocycles. The molecular weight excluding hydrogens is 264 g/mol. The first kappa shape index (κ1) is 14.6. The van der Waals surface area contributed by atoms with Crippen LogP contribution in [0.5, 0.6) is 0 Å². The standard InChI is InChI=1S/C18H24O3/c1-12-6-5-9-18(11-12,20-3)17(19)15-10-14-8-4-7-13(2)16(14)21-15/h4,7-8,10,12,17,19H,5-6,9,11H2,1-3H3. The van der Waals surface area contributed by atoms with Gasteiger partial charge >= 0.3 is 0 Å². The second kappa shape index (κ2) is 5.47. The predicted octanol–water partition coefficient (Wildman–Crippen LogP) is 4.37. The molecule has 2 aromatic rings. The quantitative estimate of drug-likeness (QED) is 0.912. The minimum absolute atomic E-state index is 0.514. The molecule has 0 aliphatic heterocycles. The lowest BCUT2D eigenvalue weighted by Gasteiger charge is -2.41. The number of ether oxygens (including phenoxy) is 1. The van der Waals surface area contributed by atoms with E-state index in [0.717, 1.165) is 35.8 Å². The van der Waals surface area contributed by atoms with Gasteiger partial charge in [-0.15, -0.1) is 0 Å². The zero-order chi connectivity index (χ0) is 15.0. The maximum absolute atomic E-state index is 10.9. The van der Waals surface area contributed by atoms with Crippen LogP contribution in [0.25, 0.3) is 11.0 Å². The van der Waals surface area contributed by atoms with Crippen molar-refractivity contribution >= 4 is 11.0 Å². The molecule has 3 atom stereocenters. The molecule has 1 fully saturated rings. The molecule has 0 saturated heterocycles. The Labute approximate surface area is 125 Å². The van der Waals surface area contributed by atoms with Crippen LogP contribution in [0, 0.1) is 12.8 Å². The molecule has 1 N–H and O–H groups in total. The highest BCUT2D eigenvalue weighted by Crippen LogP contribution is 2.44. The van der Waals surface area contributed by atoms with Crippen LogP contribution >= 0.6 is 0 Å². The Balaban J connectivity index is 1.98. The Morgan fingerprint density at radius 2 is 2.24 bits per heavy atom. The van der Waals surface area contributed by atoms with Crippen molar-refractivity contribution < 1.29 is 14.3 Å². The van der Waals surface area contributed by atoms with E-state index in [-0.39, 0.29) is 0 Å². The molecule has 0 spiro atoms. The summed E-state index contributed by atoms with van der Waals surface area (Å²) in [4.78, 5) is 0. The van der Waals surface area contributed by atoms with E-state index in [1.807, 2.05) is 31.2 Å². The number of hydrogen-bond donors (Lipinski definition) is 1. The van der Waals surface area contributed by atoms with Gasteiger partial charge in [-0.2, -0.15) is 0 Å². The van der Waals surface area contributed by atoms with Crippen molar-refractivity contribution in [2.45, 2.75) is 51.2 Å². The van der Waals surface area contributed by atoms with Gasteiger partial charge in [-0.25, -0.2) is 0 Å². The third-order valence-electron chi connectivity index (χ3n) is 4.93. The second-order valence-electron chi connectivity index (χ2n) is 6.51. The first-order chi connectivity index (χ1) is 10.1. The third kappa shape index (κ3) is 2.49. The lowest BCUT2D eigenvalue weighted by atomic mass is 9.75. The summed E-state index contributed by atoms with van der Waals surface area (Å²) in [6.07, 6.45) is 3.34. The predicted molar refractivity (Wildman–Crippen MR) is 83.3 cm³/mol. The van der Waals surface area contributed by atoms with Gasteiger partial charge < -0.3 is 14.3 Å². The smallest absolute Gasteiger partial charge is 0.140 e. The summed E-state index contributed by atoms with van der Waals surface area (Å²) in [5.41, 5.74) is 1.44. The number of hydrogen-bond acceptors (Lipinski definition) is 3. The molecule has 1 aliphatic rings. The van der Waals surface area contributed by atoms with Crippen LogP contribution in [-0.4, -0.2) is 17.8 Å². The molecule has 3 rings (SSSR count). The summed E-state index contributed by atoms with van der Waals surface area (Å²) in [6.45, 7) is 4.25. The van der Waals surface area contributed by atoms with Crippen molar-refractivity contribution in [1.82, 2.24) is 0 Å². The molecule has 21 heavy (non-hydrogen) atoms.